The van der Waals surface area contributed by atoms with Gasteiger partial charge in [0.25, 0.3) is 5.56 Å². The van der Waals surface area contributed by atoms with Crippen LogP contribution in [0.4, 0.5) is 10.5 Å². The molecule has 3 rings (SSSR count). The zero-order valence-corrected chi connectivity index (χ0v) is 12.9. The van der Waals surface area contributed by atoms with Gasteiger partial charge in [-0.2, -0.15) is 5.10 Å². The van der Waals surface area contributed by atoms with Crippen molar-refractivity contribution in [3.05, 3.63) is 21.6 Å². The molecule has 1 saturated carbocycles. The predicted octanol–water partition coefficient (Wildman–Crippen LogP) is 1.67. The molecule has 1 atom stereocenters. The van der Waals surface area contributed by atoms with Crippen LogP contribution in [-0.2, 0) is 4.74 Å². The number of aromatic nitrogens is 2. The Morgan fingerprint density at radius 3 is 2.95 bits per heavy atom. The summed E-state index contributed by atoms with van der Waals surface area (Å²) >= 11 is 5.99. The van der Waals surface area contributed by atoms with E-state index in [4.69, 9.17) is 16.3 Å². The fraction of sp³-hybridized carbons (Fsp3) is 0.643. The van der Waals surface area contributed by atoms with Crippen LogP contribution in [0.5, 0.6) is 0 Å². The van der Waals surface area contributed by atoms with E-state index < -0.39 is 5.56 Å². The first-order valence-corrected chi connectivity index (χ1v) is 7.96. The van der Waals surface area contributed by atoms with Crippen LogP contribution in [0, 0.1) is 0 Å². The predicted molar refractivity (Wildman–Crippen MR) is 82.4 cm³/mol. The summed E-state index contributed by atoms with van der Waals surface area (Å²) in [6.07, 6.45) is 6.06. The lowest BCUT2D eigenvalue weighted by molar-refractivity contribution is 0.105. The minimum absolute atomic E-state index is 0.117. The number of alkyl carbamates (subject to hydrolysis) is 1. The number of carbonyl (C=O) groups excluding carboxylic acids is 1. The van der Waals surface area contributed by atoms with Crippen LogP contribution in [0.25, 0.3) is 0 Å². The van der Waals surface area contributed by atoms with E-state index in [1.165, 1.54) is 6.20 Å². The minimum Gasteiger partial charge on any atom is -0.444 e. The van der Waals surface area contributed by atoms with Crippen LogP contribution in [0.1, 0.15) is 32.1 Å². The first-order chi connectivity index (χ1) is 10.6. The number of hydrogen-bond acceptors (Lipinski definition) is 5. The number of aromatic amines is 1. The van der Waals surface area contributed by atoms with Crippen molar-refractivity contribution in [1.82, 2.24) is 15.5 Å². The van der Waals surface area contributed by atoms with Gasteiger partial charge in [-0.3, -0.25) is 4.79 Å². The van der Waals surface area contributed by atoms with Gasteiger partial charge in [0, 0.05) is 19.0 Å². The molecule has 2 heterocycles. The molecule has 2 N–H and O–H groups in total. The largest absolute Gasteiger partial charge is 0.444 e. The second-order valence-corrected chi connectivity index (χ2v) is 6.16. The molecular weight excluding hydrogens is 308 g/mol. The maximum absolute atomic E-state index is 11.9. The van der Waals surface area contributed by atoms with E-state index in [0.717, 1.165) is 25.7 Å². The second kappa shape index (κ2) is 6.56. The number of amides is 1. The molecule has 1 aromatic rings. The quantitative estimate of drug-likeness (QED) is 0.882. The maximum Gasteiger partial charge on any atom is 0.407 e. The number of nitrogens with one attached hydrogen (secondary N) is 2. The third-order valence-corrected chi connectivity index (χ3v) is 4.58. The average molecular weight is 327 g/mol. The molecule has 1 aliphatic heterocycles. The lowest BCUT2D eigenvalue weighted by atomic mass is 10.3. The summed E-state index contributed by atoms with van der Waals surface area (Å²) in [7, 11) is 0. The van der Waals surface area contributed by atoms with Crippen LogP contribution < -0.4 is 15.8 Å². The first kappa shape index (κ1) is 15.1. The van der Waals surface area contributed by atoms with Gasteiger partial charge < -0.3 is 15.0 Å². The normalized spacial score (nSPS) is 22.0. The highest BCUT2D eigenvalue weighted by Crippen LogP contribution is 2.26. The van der Waals surface area contributed by atoms with Gasteiger partial charge in [-0.15, -0.1) is 0 Å². The van der Waals surface area contributed by atoms with Gasteiger partial charge in [-0.25, -0.2) is 9.89 Å². The maximum atomic E-state index is 11.9. The van der Waals surface area contributed by atoms with Crippen molar-refractivity contribution in [3.63, 3.8) is 0 Å². The number of H-pyrrole nitrogens is 1. The molecule has 7 nitrogen and oxygen atoms in total. The van der Waals surface area contributed by atoms with Crippen molar-refractivity contribution < 1.29 is 9.53 Å². The summed E-state index contributed by atoms with van der Waals surface area (Å²) in [5.74, 6) is 0. The minimum atomic E-state index is -0.414. The van der Waals surface area contributed by atoms with E-state index in [1.54, 1.807) is 0 Å². The Labute approximate surface area is 133 Å². The smallest absolute Gasteiger partial charge is 0.407 e. The molecule has 120 valence electrons. The summed E-state index contributed by atoms with van der Waals surface area (Å²) in [4.78, 5) is 25.3. The third-order valence-electron chi connectivity index (χ3n) is 4.21. The zero-order chi connectivity index (χ0) is 15.5. The number of nitrogens with zero attached hydrogens (tertiary/aromatic N) is 2. The zero-order valence-electron chi connectivity index (χ0n) is 12.2. The Morgan fingerprint density at radius 1 is 1.41 bits per heavy atom. The van der Waals surface area contributed by atoms with Crippen molar-refractivity contribution >= 4 is 23.4 Å². The summed E-state index contributed by atoms with van der Waals surface area (Å²) in [5, 5.41) is 9.07. The van der Waals surface area contributed by atoms with E-state index in [1.807, 2.05) is 4.90 Å². The Morgan fingerprint density at radius 2 is 2.18 bits per heavy atom. The van der Waals surface area contributed by atoms with Crippen molar-refractivity contribution in [2.45, 2.75) is 44.2 Å². The van der Waals surface area contributed by atoms with E-state index in [0.29, 0.717) is 25.2 Å². The molecule has 1 aromatic heterocycles. The molecule has 0 spiro atoms. The molecule has 1 saturated heterocycles. The van der Waals surface area contributed by atoms with E-state index in [-0.39, 0.29) is 23.3 Å². The van der Waals surface area contributed by atoms with E-state index in [9.17, 15) is 9.59 Å². The number of rotatable bonds is 3. The average Bonchev–Trinajstić information content (AvgIpc) is 3.14. The van der Waals surface area contributed by atoms with Crippen LogP contribution in [-0.4, -0.2) is 41.5 Å². The van der Waals surface area contributed by atoms with Crippen molar-refractivity contribution in [2.24, 2.45) is 0 Å². The summed E-state index contributed by atoms with van der Waals surface area (Å²) < 4.78 is 5.45. The molecule has 1 aliphatic carbocycles. The molecule has 22 heavy (non-hydrogen) atoms. The van der Waals surface area contributed by atoms with E-state index in [2.05, 4.69) is 15.5 Å². The molecule has 0 unspecified atom stereocenters. The molecule has 0 radical (unpaired) electrons. The summed E-state index contributed by atoms with van der Waals surface area (Å²) in [5.41, 5.74) is 0.162. The van der Waals surface area contributed by atoms with Gasteiger partial charge in [0.05, 0.1) is 18.4 Å². The lowest BCUT2D eigenvalue weighted by Gasteiger charge is -2.19. The van der Waals surface area contributed by atoms with Crippen molar-refractivity contribution in [2.75, 3.05) is 18.0 Å². The van der Waals surface area contributed by atoms with Gasteiger partial charge >= 0.3 is 6.09 Å². The Hall–Kier alpha value is -1.76. The molecule has 0 aromatic carbocycles. The number of ether oxygens (including phenoxy) is 1. The van der Waals surface area contributed by atoms with Gasteiger partial charge in [-0.1, -0.05) is 24.4 Å². The standard InChI is InChI=1S/C14H19ClN4O3/c15-12-11(7-16-18-13(12)20)19-6-5-10(8-19)22-14(21)17-9-3-1-2-4-9/h7,9-10H,1-6,8H2,(H,17,21)(H,18,20)/t10-/m0/s1. The second-order valence-electron chi connectivity index (χ2n) is 5.79. The highest BCUT2D eigenvalue weighted by Gasteiger charge is 2.28. The number of carbonyl (C=O) groups is 1. The molecular formula is C14H19ClN4O3. The van der Waals surface area contributed by atoms with Gasteiger partial charge in [0.15, 0.2) is 0 Å². The van der Waals surface area contributed by atoms with Crippen LogP contribution in [0.3, 0.4) is 0 Å². The summed E-state index contributed by atoms with van der Waals surface area (Å²) in [6, 6.07) is 0.247. The van der Waals surface area contributed by atoms with Gasteiger partial charge in [-0.05, 0) is 12.8 Å². The van der Waals surface area contributed by atoms with Crippen molar-refractivity contribution in [3.8, 4) is 0 Å². The molecule has 0 bridgehead atoms. The van der Waals surface area contributed by atoms with E-state index >= 15 is 0 Å². The highest BCUT2D eigenvalue weighted by molar-refractivity contribution is 6.33. The highest BCUT2D eigenvalue weighted by atomic mass is 35.5. The Kier molecular flexibility index (Phi) is 4.52. The van der Waals surface area contributed by atoms with Crippen LogP contribution in [0.15, 0.2) is 11.0 Å². The van der Waals surface area contributed by atoms with Crippen LogP contribution >= 0.6 is 11.6 Å². The topological polar surface area (TPSA) is 87.3 Å². The molecule has 2 aliphatic rings. The fourth-order valence-electron chi connectivity index (χ4n) is 3.06. The van der Waals surface area contributed by atoms with Gasteiger partial charge in [0.2, 0.25) is 0 Å². The Balaban J connectivity index is 1.54. The Bertz CT molecular complexity index is 600. The summed E-state index contributed by atoms with van der Waals surface area (Å²) in [6.45, 7) is 1.19. The number of halogens is 1. The monoisotopic (exact) mass is 326 g/mol. The third kappa shape index (κ3) is 3.35. The number of hydrogen-bond donors (Lipinski definition) is 2. The number of anilines is 1. The van der Waals surface area contributed by atoms with Crippen molar-refractivity contribution in [1.29, 1.82) is 0 Å². The SMILES string of the molecule is O=C(NC1CCCC1)O[C@H]1CCN(c2cn[nH]c(=O)c2Cl)C1. The van der Waals surface area contributed by atoms with Crippen LogP contribution in [0.2, 0.25) is 5.02 Å². The fourth-order valence-corrected chi connectivity index (χ4v) is 3.27. The molecule has 8 heteroatoms. The van der Waals surface area contributed by atoms with Gasteiger partial charge in [0.1, 0.15) is 11.1 Å². The first-order valence-electron chi connectivity index (χ1n) is 7.59. The molecule has 2 fully saturated rings. The molecule has 1 amide bonds. The lowest BCUT2D eigenvalue weighted by Crippen LogP contribution is -2.36.